The molecule has 0 amide bonds. The molecule has 2 rings (SSSR count). The van der Waals surface area contributed by atoms with Crippen LogP contribution in [0, 0.1) is 13.8 Å². The van der Waals surface area contributed by atoms with Gasteiger partial charge < -0.3 is 9.84 Å². The fourth-order valence-electron chi connectivity index (χ4n) is 1.57. The van der Waals surface area contributed by atoms with Gasteiger partial charge in [-0.05, 0) is 37.6 Å². The van der Waals surface area contributed by atoms with Crippen LogP contribution >= 0.6 is 0 Å². The molecule has 0 spiro atoms. The largest absolute Gasteiger partial charge is 0.478 e. The number of pyridine rings is 1. The summed E-state index contributed by atoms with van der Waals surface area (Å²) in [6.07, 6.45) is 1.61. The van der Waals surface area contributed by atoms with E-state index in [0.29, 0.717) is 11.6 Å². The number of nitrogens with zero attached hydrogens (tertiary/aromatic N) is 1. The van der Waals surface area contributed by atoms with Crippen molar-refractivity contribution in [1.29, 1.82) is 0 Å². The number of aryl methyl sites for hydroxylation is 2. The molecular formula is C14H13NO3. The van der Waals surface area contributed by atoms with Gasteiger partial charge in [0.15, 0.2) is 0 Å². The van der Waals surface area contributed by atoms with Crippen molar-refractivity contribution in [3.8, 4) is 11.6 Å². The number of carboxylic acids is 1. The summed E-state index contributed by atoms with van der Waals surface area (Å²) in [5.74, 6) is -0.284. The van der Waals surface area contributed by atoms with E-state index in [1.807, 2.05) is 19.9 Å². The van der Waals surface area contributed by atoms with Crippen LogP contribution in [0.15, 0.2) is 36.5 Å². The number of carbonyl (C=O) groups is 1. The summed E-state index contributed by atoms with van der Waals surface area (Å²) in [4.78, 5) is 15.2. The highest BCUT2D eigenvalue weighted by atomic mass is 16.5. The van der Waals surface area contributed by atoms with Crippen LogP contribution in [0.2, 0.25) is 0 Å². The first-order valence-corrected chi connectivity index (χ1v) is 5.51. The summed E-state index contributed by atoms with van der Waals surface area (Å²) < 4.78 is 5.59. The highest BCUT2D eigenvalue weighted by Crippen LogP contribution is 2.27. The fraction of sp³-hybridized carbons (Fsp3) is 0.143. The Balaban J connectivity index is 2.42. The predicted molar refractivity (Wildman–Crippen MR) is 67.2 cm³/mol. The van der Waals surface area contributed by atoms with E-state index in [0.717, 1.165) is 11.1 Å². The van der Waals surface area contributed by atoms with Crippen LogP contribution in [0.5, 0.6) is 11.6 Å². The second kappa shape index (κ2) is 4.87. The Morgan fingerprint density at radius 2 is 2.06 bits per heavy atom. The maximum absolute atomic E-state index is 11.1. The van der Waals surface area contributed by atoms with E-state index in [1.54, 1.807) is 24.4 Å². The molecule has 0 unspecified atom stereocenters. The van der Waals surface area contributed by atoms with Gasteiger partial charge in [0.05, 0.1) is 0 Å². The van der Waals surface area contributed by atoms with E-state index in [-0.39, 0.29) is 5.56 Å². The average molecular weight is 243 g/mol. The molecule has 0 aliphatic heterocycles. The maximum atomic E-state index is 11.1. The Labute approximate surface area is 105 Å². The molecule has 0 atom stereocenters. The minimum atomic E-state index is -1.02. The van der Waals surface area contributed by atoms with Gasteiger partial charge >= 0.3 is 5.97 Å². The molecule has 2 aromatic rings. The van der Waals surface area contributed by atoms with Crippen molar-refractivity contribution in [2.24, 2.45) is 0 Å². The summed E-state index contributed by atoms with van der Waals surface area (Å²) in [5, 5.41) is 9.10. The lowest BCUT2D eigenvalue weighted by Gasteiger charge is -2.10. The van der Waals surface area contributed by atoms with Crippen molar-refractivity contribution in [1.82, 2.24) is 4.98 Å². The first-order valence-electron chi connectivity index (χ1n) is 5.51. The second-order valence-electron chi connectivity index (χ2n) is 4.03. The third-order valence-corrected chi connectivity index (χ3v) is 2.54. The molecule has 18 heavy (non-hydrogen) atoms. The van der Waals surface area contributed by atoms with Crippen LogP contribution in [-0.4, -0.2) is 16.1 Å². The van der Waals surface area contributed by atoms with Gasteiger partial charge in [-0.15, -0.1) is 0 Å². The van der Waals surface area contributed by atoms with Crippen molar-refractivity contribution >= 4 is 5.97 Å². The number of hydrogen-bond donors (Lipinski definition) is 1. The second-order valence-corrected chi connectivity index (χ2v) is 4.03. The van der Waals surface area contributed by atoms with E-state index >= 15 is 0 Å². The van der Waals surface area contributed by atoms with Crippen LogP contribution in [0.25, 0.3) is 0 Å². The van der Waals surface area contributed by atoms with Crippen molar-refractivity contribution < 1.29 is 14.6 Å². The molecule has 0 radical (unpaired) electrons. The number of benzene rings is 1. The number of aromatic carboxylic acids is 1. The van der Waals surface area contributed by atoms with Gasteiger partial charge in [0.1, 0.15) is 11.3 Å². The minimum absolute atomic E-state index is 0.130. The van der Waals surface area contributed by atoms with E-state index in [4.69, 9.17) is 9.84 Å². The molecule has 0 aliphatic rings. The zero-order valence-corrected chi connectivity index (χ0v) is 10.2. The van der Waals surface area contributed by atoms with Crippen LogP contribution in [0.4, 0.5) is 0 Å². The number of rotatable bonds is 3. The molecular weight excluding hydrogens is 230 g/mol. The topological polar surface area (TPSA) is 59.4 Å². The molecule has 0 bridgehead atoms. The Morgan fingerprint density at radius 1 is 1.28 bits per heavy atom. The highest BCUT2D eigenvalue weighted by Gasteiger charge is 2.13. The molecule has 1 aromatic carbocycles. The van der Waals surface area contributed by atoms with Gasteiger partial charge in [0, 0.05) is 11.8 Å². The Morgan fingerprint density at radius 3 is 2.72 bits per heavy atom. The van der Waals surface area contributed by atoms with Gasteiger partial charge in [-0.25, -0.2) is 9.78 Å². The minimum Gasteiger partial charge on any atom is -0.478 e. The zero-order chi connectivity index (χ0) is 13.1. The third-order valence-electron chi connectivity index (χ3n) is 2.54. The van der Waals surface area contributed by atoms with E-state index in [1.165, 1.54) is 6.07 Å². The molecule has 1 heterocycles. The SMILES string of the molecule is Cc1ccc(C(=O)O)c(Oc2ncccc2C)c1. The normalized spacial score (nSPS) is 10.1. The van der Waals surface area contributed by atoms with Crippen LogP contribution < -0.4 is 4.74 Å². The summed E-state index contributed by atoms with van der Waals surface area (Å²) in [5.41, 5.74) is 1.92. The van der Waals surface area contributed by atoms with Crippen molar-refractivity contribution in [3.05, 3.63) is 53.2 Å². The fourth-order valence-corrected chi connectivity index (χ4v) is 1.57. The average Bonchev–Trinajstić information content (AvgIpc) is 2.32. The summed E-state index contributed by atoms with van der Waals surface area (Å²) in [6, 6.07) is 8.62. The molecule has 0 aliphatic carbocycles. The Kier molecular flexibility index (Phi) is 3.28. The molecule has 4 nitrogen and oxygen atoms in total. The first-order chi connectivity index (χ1) is 8.58. The van der Waals surface area contributed by atoms with E-state index in [2.05, 4.69) is 4.98 Å². The lowest BCUT2D eigenvalue weighted by Crippen LogP contribution is -2.01. The van der Waals surface area contributed by atoms with E-state index in [9.17, 15) is 4.79 Å². The summed E-state index contributed by atoms with van der Waals surface area (Å²) >= 11 is 0. The standard InChI is InChI=1S/C14H13NO3/c1-9-5-6-11(14(16)17)12(8-9)18-13-10(2)4-3-7-15-13/h3-8H,1-2H3,(H,16,17). The first kappa shape index (κ1) is 12.1. The Bertz CT molecular complexity index is 593. The van der Waals surface area contributed by atoms with Gasteiger partial charge in [0.25, 0.3) is 0 Å². The molecule has 0 saturated heterocycles. The van der Waals surface area contributed by atoms with Gasteiger partial charge in [-0.3, -0.25) is 0 Å². The molecule has 0 fully saturated rings. The van der Waals surface area contributed by atoms with Crippen LogP contribution in [-0.2, 0) is 0 Å². The number of carboxylic acid groups (broad SMARTS) is 1. The van der Waals surface area contributed by atoms with Crippen molar-refractivity contribution in [2.45, 2.75) is 13.8 Å². The number of ether oxygens (including phenoxy) is 1. The van der Waals surface area contributed by atoms with E-state index < -0.39 is 5.97 Å². The number of aromatic nitrogens is 1. The maximum Gasteiger partial charge on any atom is 0.339 e. The quantitative estimate of drug-likeness (QED) is 0.899. The monoisotopic (exact) mass is 243 g/mol. The summed E-state index contributed by atoms with van der Waals surface area (Å²) in [7, 11) is 0. The van der Waals surface area contributed by atoms with Gasteiger partial charge in [0.2, 0.25) is 5.88 Å². The smallest absolute Gasteiger partial charge is 0.339 e. The van der Waals surface area contributed by atoms with Crippen molar-refractivity contribution in [2.75, 3.05) is 0 Å². The van der Waals surface area contributed by atoms with Gasteiger partial charge in [-0.1, -0.05) is 12.1 Å². The predicted octanol–water partition coefficient (Wildman–Crippen LogP) is 3.19. The molecule has 1 aromatic heterocycles. The molecule has 0 saturated carbocycles. The summed E-state index contributed by atoms with van der Waals surface area (Å²) in [6.45, 7) is 3.74. The lowest BCUT2D eigenvalue weighted by molar-refractivity contribution is 0.0694. The van der Waals surface area contributed by atoms with Crippen molar-refractivity contribution in [3.63, 3.8) is 0 Å². The third kappa shape index (κ3) is 2.48. The van der Waals surface area contributed by atoms with Crippen LogP contribution in [0.3, 0.4) is 0 Å². The van der Waals surface area contributed by atoms with Gasteiger partial charge in [-0.2, -0.15) is 0 Å². The zero-order valence-electron chi connectivity index (χ0n) is 10.2. The number of hydrogen-bond acceptors (Lipinski definition) is 3. The van der Waals surface area contributed by atoms with Crippen LogP contribution in [0.1, 0.15) is 21.5 Å². The Hall–Kier alpha value is -2.36. The lowest BCUT2D eigenvalue weighted by atomic mass is 10.1. The molecule has 1 N–H and O–H groups in total. The molecule has 4 heteroatoms. The highest BCUT2D eigenvalue weighted by molar-refractivity contribution is 5.91. The molecule has 92 valence electrons.